The van der Waals surface area contributed by atoms with Gasteiger partial charge in [0.2, 0.25) is 0 Å². The maximum Gasteiger partial charge on any atom is 0.270 e. The van der Waals surface area contributed by atoms with Crippen molar-refractivity contribution >= 4 is 27.7 Å². The smallest absolute Gasteiger partial charge is 0.270 e. The third-order valence-electron chi connectivity index (χ3n) is 2.40. The van der Waals surface area contributed by atoms with Crippen molar-refractivity contribution in [1.29, 1.82) is 5.26 Å². The summed E-state index contributed by atoms with van der Waals surface area (Å²) in [6.07, 6.45) is 1.75. The average molecular weight is 340 g/mol. The van der Waals surface area contributed by atoms with Crippen LogP contribution in [0.15, 0.2) is 32.6 Å². The van der Waals surface area contributed by atoms with Crippen molar-refractivity contribution in [3.05, 3.63) is 44.4 Å². The molecule has 0 saturated heterocycles. The first-order chi connectivity index (χ1) is 9.06. The number of hydrogen-bond donors (Lipinski definition) is 1. The lowest BCUT2D eigenvalue weighted by Crippen LogP contribution is -2.14. The zero-order valence-corrected chi connectivity index (χ0v) is 12.1. The fourth-order valence-electron chi connectivity index (χ4n) is 1.51. The molecule has 0 radical (unpaired) electrons. The van der Waals surface area contributed by atoms with Crippen molar-refractivity contribution in [1.82, 2.24) is 9.97 Å². The normalized spacial score (nSPS) is 10.2. The van der Waals surface area contributed by atoms with Gasteiger partial charge in [-0.15, -0.1) is 0 Å². The highest BCUT2D eigenvalue weighted by Gasteiger charge is 2.14. The number of rotatable bonds is 2. The van der Waals surface area contributed by atoms with Crippen LogP contribution in [0.3, 0.4) is 0 Å². The van der Waals surface area contributed by atoms with Crippen LogP contribution in [0.1, 0.15) is 5.56 Å². The number of nitrogens with zero attached hydrogens (tertiary/aromatic N) is 2. The Morgan fingerprint density at radius 1 is 1.53 bits per heavy atom. The summed E-state index contributed by atoms with van der Waals surface area (Å²) in [7, 11) is 0. The summed E-state index contributed by atoms with van der Waals surface area (Å²) in [4.78, 5) is 18.4. The Morgan fingerprint density at radius 3 is 2.84 bits per heavy atom. The summed E-state index contributed by atoms with van der Waals surface area (Å²) < 4.78 is 13.8. The maximum atomic E-state index is 13.5. The third-order valence-corrected chi connectivity index (χ3v) is 3.62. The average Bonchev–Trinajstić information content (AvgIpc) is 2.41. The SMILES string of the molecule is CSc1nc(-c2ccc(Br)c(F)c2)c(C#N)c(=O)[nH]1. The van der Waals surface area contributed by atoms with Gasteiger partial charge in [0.05, 0.1) is 10.2 Å². The van der Waals surface area contributed by atoms with Crippen LogP contribution in [0.4, 0.5) is 4.39 Å². The number of H-pyrrole nitrogens is 1. The number of aromatic nitrogens is 2. The standard InChI is InChI=1S/C12H7BrFN3OS/c1-19-12-16-10(7(5-15)11(18)17-12)6-2-3-8(13)9(14)4-6/h2-4H,1H3,(H,16,17,18). The van der Waals surface area contributed by atoms with E-state index in [1.54, 1.807) is 18.4 Å². The molecule has 1 aromatic carbocycles. The molecule has 0 fully saturated rings. The van der Waals surface area contributed by atoms with Crippen LogP contribution < -0.4 is 5.56 Å². The predicted molar refractivity (Wildman–Crippen MR) is 74.4 cm³/mol. The minimum atomic E-state index is -0.528. The molecule has 0 amide bonds. The van der Waals surface area contributed by atoms with Gasteiger partial charge >= 0.3 is 0 Å². The number of hydrogen-bond acceptors (Lipinski definition) is 4. The van der Waals surface area contributed by atoms with E-state index < -0.39 is 11.4 Å². The highest BCUT2D eigenvalue weighted by molar-refractivity contribution is 9.10. The summed E-state index contributed by atoms with van der Waals surface area (Å²) in [5.74, 6) is -0.478. The molecule has 0 aliphatic rings. The summed E-state index contributed by atoms with van der Waals surface area (Å²) in [6.45, 7) is 0. The van der Waals surface area contributed by atoms with Crippen molar-refractivity contribution in [2.75, 3.05) is 6.26 Å². The second kappa shape index (κ2) is 5.55. The van der Waals surface area contributed by atoms with Crippen LogP contribution in [0.2, 0.25) is 0 Å². The molecule has 0 bridgehead atoms. The second-order valence-corrected chi connectivity index (χ2v) is 5.19. The third kappa shape index (κ3) is 2.69. The fraction of sp³-hybridized carbons (Fsp3) is 0.0833. The van der Waals surface area contributed by atoms with Crippen molar-refractivity contribution in [3.8, 4) is 17.3 Å². The quantitative estimate of drug-likeness (QED) is 0.674. The Bertz CT molecular complexity index is 739. The summed E-state index contributed by atoms with van der Waals surface area (Å²) >= 11 is 4.29. The van der Waals surface area contributed by atoms with Gasteiger partial charge in [0.25, 0.3) is 5.56 Å². The fourth-order valence-corrected chi connectivity index (χ4v) is 2.13. The lowest BCUT2D eigenvalue weighted by atomic mass is 10.1. The van der Waals surface area contributed by atoms with Gasteiger partial charge in [0.1, 0.15) is 17.4 Å². The lowest BCUT2D eigenvalue weighted by Gasteiger charge is -2.05. The van der Waals surface area contributed by atoms with Gasteiger partial charge in [-0.3, -0.25) is 4.79 Å². The topological polar surface area (TPSA) is 69.5 Å². The van der Waals surface area contributed by atoms with Crippen LogP contribution in [0, 0.1) is 17.1 Å². The molecule has 1 heterocycles. The molecular weight excluding hydrogens is 333 g/mol. The molecule has 0 atom stereocenters. The van der Waals surface area contributed by atoms with Gasteiger partial charge in [-0.2, -0.15) is 5.26 Å². The van der Waals surface area contributed by atoms with E-state index in [-0.39, 0.29) is 11.3 Å². The summed E-state index contributed by atoms with van der Waals surface area (Å²) in [6, 6.07) is 6.14. The minimum Gasteiger partial charge on any atom is -0.300 e. The van der Waals surface area contributed by atoms with E-state index in [9.17, 15) is 9.18 Å². The number of benzene rings is 1. The number of aromatic amines is 1. The van der Waals surface area contributed by atoms with E-state index in [0.29, 0.717) is 15.2 Å². The highest BCUT2D eigenvalue weighted by Crippen LogP contribution is 2.25. The zero-order valence-electron chi connectivity index (χ0n) is 9.70. The van der Waals surface area contributed by atoms with Gasteiger partial charge in [-0.05, 0) is 34.3 Å². The van der Waals surface area contributed by atoms with Crippen molar-refractivity contribution in [3.63, 3.8) is 0 Å². The van der Waals surface area contributed by atoms with Gasteiger partial charge < -0.3 is 4.98 Å². The van der Waals surface area contributed by atoms with E-state index >= 15 is 0 Å². The zero-order chi connectivity index (χ0) is 14.0. The minimum absolute atomic E-state index is 0.125. The molecule has 2 aromatic rings. The van der Waals surface area contributed by atoms with Gasteiger partial charge in [0.15, 0.2) is 5.16 Å². The summed E-state index contributed by atoms with van der Waals surface area (Å²) in [5, 5.41) is 9.41. The Labute approximate surface area is 120 Å². The van der Waals surface area contributed by atoms with Crippen LogP contribution in [-0.4, -0.2) is 16.2 Å². The molecular formula is C12H7BrFN3OS. The first-order valence-electron chi connectivity index (χ1n) is 5.10. The first-order valence-corrected chi connectivity index (χ1v) is 7.12. The van der Waals surface area contributed by atoms with Crippen LogP contribution in [0.5, 0.6) is 0 Å². The molecule has 96 valence electrons. The molecule has 1 aromatic heterocycles. The van der Waals surface area contributed by atoms with Crippen LogP contribution in [-0.2, 0) is 0 Å². The largest absolute Gasteiger partial charge is 0.300 e. The second-order valence-electron chi connectivity index (χ2n) is 3.54. The van der Waals surface area contributed by atoms with Gasteiger partial charge in [-0.25, -0.2) is 9.37 Å². The molecule has 2 rings (SSSR count). The molecule has 0 aliphatic heterocycles. The molecule has 19 heavy (non-hydrogen) atoms. The Balaban J connectivity index is 2.73. The first kappa shape index (κ1) is 13.8. The van der Waals surface area contributed by atoms with Crippen molar-refractivity contribution in [2.45, 2.75) is 5.16 Å². The molecule has 0 unspecified atom stereocenters. The van der Waals surface area contributed by atoms with E-state index in [1.165, 1.54) is 23.9 Å². The van der Waals surface area contributed by atoms with Gasteiger partial charge in [-0.1, -0.05) is 17.8 Å². The van der Waals surface area contributed by atoms with E-state index in [4.69, 9.17) is 5.26 Å². The molecule has 0 aliphatic carbocycles. The number of thioether (sulfide) groups is 1. The summed E-state index contributed by atoms with van der Waals surface area (Å²) in [5.41, 5.74) is -0.0830. The number of nitrogens with one attached hydrogen (secondary N) is 1. The molecule has 0 saturated carbocycles. The van der Waals surface area contributed by atoms with E-state index in [0.717, 1.165) is 0 Å². The molecule has 0 spiro atoms. The van der Waals surface area contributed by atoms with Crippen LogP contribution in [0.25, 0.3) is 11.3 Å². The van der Waals surface area contributed by atoms with Crippen molar-refractivity contribution < 1.29 is 4.39 Å². The van der Waals surface area contributed by atoms with E-state index in [1.807, 2.05) is 0 Å². The Kier molecular flexibility index (Phi) is 4.02. The van der Waals surface area contributed by atoms with Gasteiger partial charge in [0, 0.05) is 5.56 Å². The number of halogens is 2. The Hall–Kier alpha value is -1.65. The molecule has 1 N–H and O–H groups in total. The maximum absolute atomic E-state index is 13.5. The monoisotopic (exact) mass is 339 g/mol. The van der Waals surface area contributed by atoms with Crippen LogP contribution >= 0.6 is 27.7 Å². The lowest BCUT2D eigenvalue weighted by molar-refractivity contribution is 0.621. The van der Waals surface area contributed by atoms with E-state index in [2.05, 4.69) is 25.9 Å². The number of nitriles is 1. The van der Waals surface area contributed by atoms with Crippen molar-refractivity contribution in [2.24, 2.45) is 0 Å². The molecule has 4 nitrogen and oxygen atoms in total. The predicted octanol–water partition coefficient (Wildman–Crippen LogP) is 2.93. The Morgan fingerprint density at radius 2 is 2.26 bits per heavy atom. The highest BCUT2D eigenvalue weighted by atomic mass is 79.9. The molecule has 7 heteroatoms.